The normalized spacial score (nSPS) is 25.8. The summed E-state index contributed by atoms with van der Waals surface area (Å²) in [5, 5.41) is 130. The predicted molar refractivity (Wildman–Crippen MR) is 444 cm³/mol. The molecule has 11 bridgehead atoms. The minimum absolute atomic E-state index is 0.0378. The quantitative estimate of drug-likeness (QED) is 0.0321. The Hall–Kier alpha value is -11.4. The van der Waals surface area contributed by atoms with Crippen molar-refractivity contribution in [2.45, 2.75) is 170 Å². The molecule has 1 unspecified atom stereocenters. The van der Waals surface area contributed by atoms with E-state index in [9.17, 15) is 69.9 Å². The van der Waals surface area contributed by atoms with E-state index in [1.165, 1.54) is 56.1 Å². The van der Waals surface area contributed by atoms with Gasteiger partial charge in [0.2, 0.25) is 53.4 Å². The third-order valence-corrected chi connectivity index (χ3v) is 22.4. The van der Waals surface area contributed by atoms with E-state index >= 15 is 24.0 Å². The van der Waals surface area contributed by atoms with Gasteiger partial charge in [0, 0.05) is 66.1 Å². The molecule has 6 aromatic carbocycles. The fourth-order valence-corrected chi connectivity index (χ4v) is 15.9. The average molecular weight is 1810 g/mol. The Bertz CT molecular complexity index is 5360. The summed E-state index contributed by atoms with van der Waals surface area (Å²) in [6, 6.07) is 5.58. The van der Waals surface area contributed by atoms with Crippen LogP contribution in [0.25, 0.3) is 11.1 Å². The van der Waals surface area contributed by atoms with E-state index in [1.54, 1.807) is 26.0 Å². The molecule has 674 valence electrons. The van der Waals surface area contributed by atoms with Crippen molar-refractivity contribution in [3.05, 3.63) is 174 Å². The number of phenols is 3. The van der Waals surface area contributed by atoms with Gasteiger partial charge in [-0.05, 0) is 152 Å². The van der Waals surface area contributed by atoms with Crippen LogP contribution in [0.3, 0.4) is 0 Å². The number of anilines is 1. The zero-order valence-electron chi connectivity index (χ0n) is 68.4. The number of rotatable bonds is 23. The summed E-state index contributed by atoms with van der Waals surface area (Å²) < 4.78 is 45.7. The lowest BCUT2D eigenvalue weighted by Crippen LogP contribution is -2.65. The van der Waals surface area contributed by atoms with Crippen molar-refractivity contribution in [2.24, 2.45) is 11.7 Å². The molecule has 14 rings (SSSR count). The van der Waals surface area contributed by atoms with Crippen LogP contribution >= 0.6 is 34.8 Å². The van der Waals surface area contributed by atoms with Gasteiger partial charge in [-0.15, -0.1) is 0 Å². The fourth-order valence-electron chi connectivity index (χ4n) is 15.1. The van der Waals surface area contributed by atoms with Crippen LogP contribution in [0.2, 0.25) is 15.1 Å². The van der Waals surface area contributed by atoms with Gasteiger partial charge >= 0.3 is 5.69 Å². The average Bonchev–Trinajstić information content (AvgIpc) is 0.751. The summed E-state index contributed by atoms with van der Waals surface area (Å²) in [7, 11) is 2.80. The molecule has 9 amide bonds. The Morgan fingerprint density at radius 3 is 2.02 bits per heavy atom. The molecule has 2 fully saturated rings. The topological polar surface area (TPSA) is 591 Å². The predicted octanol–water partition coefficient (Wildman–Crippen LogP) is 1.82. The number of aryl methyl sites for hydroxylation is 1. The second-order valence-electron chi connectivity index (χ2n) is 31.3. The number of aromatic hydroxyl groups is 3. The number of phenolic OH excluding ortho intramolecular Hbond substituents is 3. The first kappa shape index (κ1) is 93.7. The van der Waals surface area contributed by atoms with E-state index in [0.717, 1.165) is 66.7 Å². The number of carbonyl (C=O) groups excluding carboxylic acids is 9. The maximum absolute atomic E-state index is 16.3. The van der Waals surface area contributed by atoms with E-state index in [-0.39, 0.29) is 78.9 Å². The largest absolute Gasteiger partial charge is 0.508 e. The Morgan fingerprint density at radius 1 is 0.722 bits per heavy atom. The van der Waals surface area contributed by atoms with Gasteiger partial charge in [0.15, 0.2) is 23.9 Å². The number of methoxy groups -OCH3 is 1. The molecule has 7 aliphatic rings. The minimum Gasteiger partial charge on any atom is -0.508 e. The molecule has 40 nitrogen and oxygen atoms in total. The number of ether oxygens (including phenoxy) is 7. The summed E-state index contributed by atoms with van der Waals surface area (Å²) in [4.78, 5) is 156. The van der Waals surface area contributed by atoms with Crippen molar-refractivity contribution in [2.75, 3.05) is 45.8 Å². The van der Waals surface area contributed by atoms with Crippen molar-refractivity contribution >= 4 is 93.8 Å². The summed E-state index contributed by atoms with van der Waals surface area (Å²) in [5.41, 5.74) is 4.00. The molecular formula is C83H94Cl3N13O27. The van der Waals surface area contributed by atoms with Gasteiger partial charge in [-0.1, -0.05) is 66.8 Å². The number of amides is 9. The van der Waals surface area contributed by atoms with E-state index in [1.807, 2.05) is 13.8 Å². The van der Waals surface area contributed by atoms with Crippen molar-refractivity contribution in [1.29, 1.82) is 0 Å². The number of primary amides is 1. The van der Waals surface area contributed by atoms with Crippen LogP contribution in [0, 0.1) is 12.8 Å². The smallest absolute Gasteiger partial charge is 0.349 e. The number of fused-ring (bicyclic) bond motifs is 15. The Kier molecular flexibility index (Phi) is 29.8. The van der Waals surface area contributed by atoms with Gasteiger partial charge in [-0.3, -0.25) is 52.6 Å². The summed E-state index contributed by atoms with van der Waals surface area (Å²) >= 11 is 20.6. The van der Waals surface area contributed by atoms with Gasteiger partial charge in [-0.25, -0.2) is 10.3 Å². The summed E-state index contributed by atoms with van der Waals surface area (Å²) in [6.07, 6.45) is -18.2. The van der Waals surface area contributed by atoms with Crippen molar-refractivity contribution in [3.63, 3.8) is 0 Å². The van der Waals surface area contributed by atoms with E-state index in [4.69, 9.17) is 78.5 Å². The molecule has 0 radical (unpaired) electrons. The van der Waals surface area contributed by atoms with Crippen LogP contribution in [0.1, 0.15) is 121 Å². The van der Waals surface area contributed by atoms with Gasteiger partial charge in [0.05, 0.1) is 54.5 Å². The maximum Gasteiger partial charge on any atom is 0.349 e. The highest BCUT2D eigenvalue weighted by atomic mass is 35.5. The van der Waals surface area contributed by atoms with Gasteiger partial charge in [-0.2, -0.15) is 4.98 Å². The monoisotopic (exact) mass is 1810 g/mol. The van der Waals surface area contributed by atoms with E-state index in [0.29, 0.717) is 10.6 Å². The van der Waals surface area contributed by atoms with Crippen LogP contribution in [0.5, 0.6) is 46.0 Å². The lowest BCUT2D eigenvalue weighted by molar-refractivity contribution is -0.334. The standard InChI is InChI=1S/C83H94Cl3N13O27/c1-34(2)20-48(88-6)74(111)96-64-66(105)38-9-12-52(46(85)25-38)122-54-27-40-28-55(70(54)126-81-71(69(108)68(107)56(33-100)124-81)125-59-32-83(5,72(109)36(4)121-59)89-15-17-99-16-14-58(92-82(99)118)91-73(110)41-21-35(3)22-42(84)23-41)123-53-13-10-39(26-47(53)86)67(106)65-79(116)95-63(80(117)98-120-19-18-119-7)45-29-43(101)30-51(103)60(45)44-24-37(8-11-50(44)102)61(76(113)97-65)94-77(114)62(40)93-75(112)49(31-57(87)104)90-78(64)115/h8-14,16,21-30,34,36,48-49,56,59,61-69,71-72,81,88-89,100-103,105-109H,15,17-20,31-33H2,1-7H3,(H2,87,104)(H,90,115)(H,93,112)(H,94,114)(H,95,116)(H,96,111)(H,97,113)(H,98,117)(H,91,92,110,118)/t36-,48+,49-,56+,59-,61+,62?,63+,64+,65-,66+,67+,68+,69-,71+,72+,81-,83-/m0/s1. The molecule has 126 heavy (non-hydrogen) atoms. The number of aliphatic hydroxyl groups is 6. The number of aromatic nitrogens is 2. The number of nitrogens with zero attached hydrogens (tertiary/aromatic N) is 2. The zero-order chi connectivity index (χ0) is 91.2. The summed E-state index contributed by atoms with van der Waals surface area (Å²) in [6.45, 7) is 7.00. The number of hydrogen-bond donors (Lipinski definition) is 20. The van der Waals surface area contributed by atoms with Gasteiger partial charge < -0.3 is 133 Å². The van der Waals surface area contributed by atoms with Gasteiger partial charge in [0.25, 0.3) is 11.8 Å². The van der Waals surface area contributed by atoms with Crippen LogP contribution in [-0.4, -0.2) is 228 Å². The molecule has 2 saturated heterocycles. The maximum atomic E-state index is 16.3. The van der Waals surface area contributed by atoms with Crippen molar-refractivity contribution in [1.82, 2.24) is 57.6 Å². The molecule has 43 heteroatoms. The lowest BCUT2D eigenvalue weighted by atomic mass is 9.85. The second kappa shape index (κ2) is 40.1. The number of nitrogens with one attached hydrogen (secondary N) is 10. The molecule has 8 heterocycles. The van der Waals surface area contributed by atoms with Gasteiger partial charge in [0.1, 0.15) is 101 Å². The highest BCUT2D eigenvalue weighted by Crippen LogP contribution is 2.50. The number of hydrogen-bond acceptors (Lipinski definition) is 30. The van der Waals surface area contributed by atoms with Crippen LogP contribution in [0.15, 0.2) is 114 Å². The number of halogens is 3. The molecule has 7 aromatic rings. The number of benzene rings is 6. The Labute approximate surface area is 732 Å². The third-order valence-electron chi connectivity index (χ3n) is 21.6. The molecule has 0 aliphatic carbocycles. The van der Waals surface area contributed by atoms with Crippen LogP contribution in [-0.2, 0) is 68.7 Å². The number of nitrogens with two attached hydrogens (primary N) is 1. The molecule has 18 atom stereocenters. The first-order valence-electron chi connectivity index (χ1n) is 39.6. The number of aliphatic hydroxyl groups excluding tert-OH is 6. The highest BCUT2D eigenvalue weighted by molar-refractivity contribution is 6.32. The molecular weight excluding hydrogens is 1720 g/mol. The molecule has 21 N–H and O–H groups in total. The first-order valence-corrected chi connectivity index (χ1v) is 40.7. The number of likely N-dealkylation sites (N-methyl/N-ethyl adjacent to an activating group) is 1. The number of carbonyl (C=O) groups is 9. The second-order valence-corrected chi connectivity index (χ2v) is 32.5. The number of hydroxylamine groups is 1. The highest BCUT2D eigenvalue weighted by Gasteiger charge is 2.52. The minimum atomic E-state index is -2.40. The van der Waals surface area contributed by atoms with Crippen LogP contribution in [0.4, 0.5) is 5.82 Å². The van der Waals surface area contributed by atoms with Crippen molar-refractivity contribution < 1.29 is 127 Å². The Morgan fingerprint density at radius 2 is 1.38 bits per heavy atom. The van der Waals surface area contributed by atoms with Crippen molar-refractivity contribution in [3.8, 4) is 57.1 Å². The zero-order valence-corrected chi connectivity index (χ0v) is 70.7. The molecule has 0 spiro atoms. The SMILES string of the molecule is CN[C@H](CC(C)C)C(=O)N[C@H]1C(=O)N[C@@H](CC(N)=O)C(=O)NC2C(=O)N[C@H]3C(=O)N[C@H](C(=O)N[C@@H](C(=O)NOCCOC)c4cc(O)cc(O)c4-c4cc3ccc4O)[C@H](O)c3ccc(c(Cl)c3)Oc3cc2cc(c3O[C@@H]2O[C@H](CO)[C@@H](O)[C@H](O)[C@H]2O[C@H]2C[C@](C)(NCCn3ccc(NC(=O)c4cc(C)cc(Cl)c4)nc3=O)[C@H](O)[C@H](C)O2)Oc2ccc(cc2Cl)[C@H]1O. The molecule has 0 saturated carbocycles. The fraction of sp³-hybridized carbons (Fsp3) is 0.410. The molecule has 7 aliphatic heterocycles. The molecule has 1 aromatic heterocycles. The Balaban J connectivity index is 1.01. The van der Waals surface area contributed by atoms with Crippen LogP contribution < -0.4 is 79.0 Å². The summed E-state index contributed by atoms with van der Waals surface area (Å²) in [5.74, 6) is -16.2. The lowest BCUT2D eigenvalue weighted by Gasteiger charge is -2.48. The third kappa shape index (κ3) is 21.3. The van der Waals surface area contributed by atoms with E-state index < -0.39 is 254 Å². The first-order chi connectivity index (χ1) is 59.8. The van der Waals surface area contributed by atoms with E-state index in [2.05, 4.69) is 58.3 Å².